The van der Waals surface area contributed by atoms with Crippen molar-refractivity contribution in [3.05, 3.63) is 35.4 Å². The number of methoxy groups -OCH3 is 3. The number of carbonyl (C=O) groups excluding carboxylic acids is 1. The number of carbonyl (C=O) groups is 2. The maximum absolute atomic E-state index is 13.9. The van der Waals surface area contributed by atoms with Gasteiger partial charge in [0.25, 0.3) is 0 Å². The Morgan fingerprint density at radius 2 is 1.38 bits per heavy atom. The molecular formula is C58H84O21. The summed E-state index contributed by atoms with van der Waals surface area (Å²) in [5, 5.41) is 97.1. The third-order valence-electron chi connectivity index (χ3n) is 21.4. The molecule has 1 aromatic carbocycles. The normalized spacial score (nSPS) is 46.7. The van der Waals surface area contributed by atoms with Crippen LogP contribution in [0.25, 0.3) is 6.08 Å². The lowest BCUT2D eigenvalue weighted by molar-refractivity contribution is -0.377. The van der Waals surface area contributed by atoms with Crippen LogP contribution in [0.5, 0.6) is 17.2 Å². The third kappa shape index (κ3) is 9.45. The van der Waals surface area contributed by atoms with Crippen LogP contribution in [0.2, 0.25) is 0 Å². The van der Waals surface area contributed by atoms with Crippen LogP contribution >= 0.6 is 0 Å². The van der Waals surface area contributed by atoms with E-state index in [9.17, 15) is 55.5 Å². The summed E-state index contributed by atoms with van der Waals surface area (Å²) in [5.41, 5.74) is -0.684. The van der Waals surface area contributed by atoms with E-state index in [1.54, 1.807) is 18.2 Å². The average Bonchev–Trinajstić information content (AvgIpc) is 3.08. The second-order valence-electron chi connectivity index (χ2n) is 26.1. The summed E-state index contributed by atoms with van der Waals surface area (Å²) < 4.78 is 58.6. The highest BCUT2D eigenvalue weighted by molar-refractivity contribution is 5.87. The number of ether oxygens (including phenoxy) is 10. The highest BCUT2D eigenvalue weighted by Crippen LogP contribution is 2.85. The molecule has 8 fully saturated rings. The quantitative estimate of drug-likeness (QED) is 0.0560. The van der Waals surface area contributed by atoms with E-state index in [1.807, 2.05) is 0 Å². The number of aliphatic hydroxyl groups excluding tert-OH is 8. The molecule has 10 rings (SSSR count). The van der Waals surface area contributed by atoms with Gasteiger partial charge in [0.1, 0.15) is 67.1 Å². The number of allylic oxidation sites excluding steroid dienone is 2. The summed E-state index contributed by atoms with van der Waals surface area (Å²) in [6.45, 7) is 12.0. The molecule has 9 N–H and O–H groups in total. The Hall–Kier alpha value is -3.52. The Bertz CT molecular complexity index is 2470. The largest absolute Gasteiger partial charge is 0.493 e. The summed E-state index contributed by atoms with van der Waals surface area (Å²) >= 11 is 0. The first kappa shape index (κ1) is 58.7. The van der Waals surface area contributed by atoms with Crippen molar-refractivity contribution in [3.63, 3.8) is 0 Å². The average molecular weight is 1120 g/mol. The van der Waals surface area contributed by atoms with E-state index >= 15 is 0 Å². The van der Waals surface area contributed by atoms with Crippen LogP contribution in [-0.2, 0) is 42.7 Å². The van der Waals surface area contributed by atoms with Crippen molar-refractivity contribution >= 4 is 18.0 Å². The minimum Gasteiger partial charge on any atom is -0.493 e. The highest BCUT2D eigenvalue weighted by atomic mass is 16.8. The van der Waals surface area contributed by atoms with E-state index in [1.165, 1.54) is 33.0 Å². The molecule has 1 aromatic rings. The number of carboxylic acid groups (broad SMARTS) is 1. The first-order chi connectivity index (χ1) is 37.3. The summed E-state index contributed by atoms with van der Waals surface area (Å²) in [6, 6.07) is 3.45. The lowest BCUT2D eigenvalue weighted by Gasteiger charge is -2.69. The number of aliphatic carboxylic acids is 1. The smallest absolute Gasteiger partial charge is 0.331 e. The van der Waals surface area contributed by atoms with Gasteiger partial charge < -0.3 is 93.3 Å². The molecule has 3 aliphatic heterocycles. The fourth-order valence-corrected chi connectivity index (χ4v) is 17.1. The van der Waals surface area contributed by atoms with Gasteiger partial charge in [-0.1, -0.05) is 53.2 Å². The topological polar surface area (TPSA) is 309 Å². The number of hydrogen-bond donors (Lipinski definition) is 9. The van der Waals surface area contributed by atoms with Gasteiger partial charge >= 0.3 is 11.9 Å². The summed E-state index contributed by atoms with van der Waals surface area (Å²) in [4.78, 5) is 27.5. The number of benzene rings is 1. The molecule has 3 heterocycles. The fourth-order valence-electron chi connectivity index (χ4n) is 17.1. The van der Waals surface area contributed by atoms with Crippen LogP contribution in [0.15, 0.2) is 29.9 Å². The minimum atomic E-state index is -1.79. The lowest BCUT2D eigenvalue weighted by Crippen LogP contribution is -2.66. The van der Waals surface area contributed by atoms with Crippen molar-refractivity contribution in [1.29, 1.82) is 0 Å². The van der Waals surface area contributed by atoms with Crippen molar-refractivity contribution in [2.75, 3.05) is 41.2 Å². The Labute approximate surface area is 461 Å². The Balaban J connectivity index is 0.840. The summed E-state index contributed by atoms with van der Waals surface area (Å²) in [7, 11) is 4.55. The zero-order valence-corrected chi connectivity index (χ0v) is 46.8. The Morgan fingerprint density at radius 3 is 2.04 bits per heavy atom. The second-order valence-corrected chi connectivity index (χ2v) is 26.1. The van der Waals surface area contributed by atoms with Gasteiger partial charge in [-0.05, 0) is 115 Å². The van der Waals surface area contributed by atoms with E-state index in [2.05, 4.69) is 47.6 Å². The van der Waals surface area contributed by atoms with Gasteiger partial charge in [-0.15, -0.1) is 0 Å². The zero-order chi connectivity index (χ0) is 57.1. The molecule has 0 amide bonds. The molecule has 1 spiro atoms. The van der Waals surface area contributed by atoms with E-state index in [4.69, 9.17) is 47.4 Å². The van der Waals surface area contributed by atoms with Gasteiger partial charge in [-0.25, -0.2) is 4.79 Å². The molecule has 6 aliphatic carbocycles. The zero-order valence-electron chi connectivity index (χ0n) is 46.8. The van der Waals surface area contributed by atoms with Crippen LogP contribution in [0, 0.1) is 56.2 Å². The van der Waals surface area contributed by atoms with Gasteiger partial charge in [-0.2, -0.15) is 0 Å². The second kappa shape index (κ2) is 21.3. The maximum atomic E-state index is 13.9. The number of fused-ring (bicyclic) bond motifs is 5. The number of rotatable bonds is 14. The number of aliphatic hydroxyl groups is 8. The molecule has 23 atom stereocenters. The monoisotopic (exact) mass is 1120 g/mol. The molecule has 21 heteroatoms. The van der Waals surface area contributed by atoms with E-state index in [0.717, 1.165) is 32.1 Å². The SMILES string of the molecule is COc1cc(/C=C/C(=O)O[C@H]2C[C@]3(C(=O)O)C[C@@H]4C[C@]45C(=CC[C@@H]4[C@@]6(C)CC[C@H](O[C@@H]7O[C@H](CO)[C@@H](O)[C@H](O)[C@H]7O[C@@H]7OC[C@@H](O[C@@H]8OC[C@@H](O)[C@H](O)[C@H]8O)[C@H](O)[C@H]7O)C(C)(C)[C@@H]6CC[C@]45C)[C@@H]3CC2(C)C)cc(OC)c1OC. The molecule has 3 saturated heterocycles. The van der Waals surface area contributed by atoms with Crippen LogP contribution in [-0.4, -0.2) is 191 Å². The molecule has 0 unspecified atom stereocenters. The highest BCUT2D eigenvalue weighted by Gasteiger charge is 2.79. The Kier molecular flexibility index (Phi) is 15.8. The minimum absolute atomic E-state index is 0.130. The van der Waals surface area contributed by atoms with Crippen LogP contribution in [0.1, 0.15) is 105 Å². The number of carboxylic acids is 1. The molecule has 0 radical (unpaired) electrons. The molecule has 79 heavy (non-hydrogen) atoms. The van der Waals surface area contributed by atoms with Gasteiger partial charge in [0.2, 0.25) is 5.75 Å². The van der Waals surface area contributed by atoms with Crippen molar-refractivity contribution < 1.29 is 103 Å². The van der Waals surface area contributed by atoms with E-state index in [0.29, 0.717) is 42.1 Å². The number of esters is 1. The molecule has 0 bridgehead atoms. The molecule has 442 valence electrons. The standard InChI is InChI=1S/C58H84O21/c1-53(2)22-30-29-11-12-37-55(5)16-15-38(78-51-48(44(65)42(63)34(24-59)75-51)79-50-46(67)43(64)35(26-74-50)76-49-45(66)41(62)31(60)25-73-49)54(3,4)36(55)14-17-56(37,6)58(29)21-28(58)20-57(30,52(68)69)23-39(53)77-40(61)13-10-27-18-32(70-7)47(72-9)33(19-27)71-8/h10-11,13,18-19,28,30-31,34-39,41-46,48-51,59-60,62-67H,12,14-17,20-26H2,1-9H3,(H,68,69)/b13-10+/t28-,30+,31-,34-,35-,36+,37-,38+,39+,41+,42-,43+,44+,45-,46-,48-,49+,50+,51+,55+,56-,57-,58-/m1/s1. The first-order valence-electron chi connectivity index (χ1n) is 28.1. The lowest BCUT2D eigenvalue weighted by atomic mass is 9.36. The van der Waals surface area contributed by atoms with Crippen molar-refractivity contribution in [2.24, 2.45) is 56.2 Å². The van der Waals surface area contributed by atoms with Gasteiger partial charge in [0.15, 0.2) is 30.4 Å². The van der Waals surface area contributed by atoms with E-state index < -0.39 is 134 Å². The van der Waals surface area contributed by atoms with Crippen molar-refractivity contribution in [2.45, 2.75) is 191 Å². The third-order valence-corrected chi connectivity index (χ3v) is 21.4. The fraction of sp³-hybridized carbons (Fsp3) is 0.793. The Morgan fingerprint density at radius 1 is 0.709 bits per heavy atom. The van der Waals surface area contributed by atoms with E-state index in [-0.39, 0.29) is 52.9 Å². The summed E-state index contributed by atoms with van der Waals surface area (Å²) in [6.07, 6.45) is -9.35. The maximum Gasteiger partial charge on any atom is 0.331 e. The predicted molar refractivity (Wildman–Crippen MR) is 277 cm³/mol. The molecular weight excluding hydrogens is 1030 g/mol. The van der Waals surface area contributed by atoms with Gasteiger partial charge in [-0.3, -0.25) is 4.79 Å². The van der Waals surface area contributed by atoms with Crippen LogP contribution < -0.4 is 14.2 Å². The molecule has 21 nitrogen and oxygen atoms in total. The summed E-state index contributed by atoms with van der Waals surface area (Å²) in [5.74, 6) is 0.217. The molecule has 9 aliphatic rings. The number of hydrogen-bond acceptors (Lipinski definition) is 20. The van der Waals surface area contributed by atoms with Crippen molar-refractivity contribution in [1.82, 2.24) is 0 Å². The molecule has 5 saturated carbocycles. The van der Waals surface area contributed by atoms with Gasteiger partial charge in [0, 0.05) is 23.3 Å². The van der Waals surface area contributed by atoms with Gasteiger partial charge in [0.05, 0.1) is 52.7 Å². The van der Waals surface area contributed by atoms with Crippen molar-refractivity contribution in [3.8, 4) is 17.2 Å². The van der Waals surface area contributed by atoms with Crippen LogP contribution in [0.4, 0.5) is 0 Å². The molecule has 0 aromatic heterocycles. The predicted octanol–water partition coefficient (Wildman–Crippen LogP) is 2.86. The first-order valence-corrected chi connectivity index (χ1v) is 28.1. The van der Waals surface area contributed by atoms with Crippen LogP contribution in [0.3, 0.4) is 0 Å².